The lowest BCUT2D eigenvalue weighted by atomic mass is 10.1. The summed E-state index contributed by atoms with van der Waals surface area (Å²) in [5, 5.41) is 13.1. The maximum absolute atomic E-state index is 9.82. The predicted octanol–water partition coefficient (Wildman–Crippen LogP) is 1.44. The molecule has 0 radical (unpaired) electrons. The number of rotatable bonds is 14. The minimum Gasteiger partial charge on any atom is -0.389 e. The van der Waals surface area contributed by atoms with Gasteiger partial charge in [0.25, 0.3) is 0 Å². The monoisotopic (exact) mass is 291 g/mol. The molecule has 0 spiro atoms. The molecule has 0 heterocycles. The van der Waals surface area contributed by atoms with Crippen LogP contribution in [0, 0.1) is 5.92 Å². The molecule has 122 valence electrons. The second-order valence-corrected chi connectivity index (χ2v) is 5.41. The van der Waals surface area contributed by atoms with Crippen LogP contribution in [-0.4, -0.2) is 63.9 Å². The van der Waals surface area contributed by atoms with E-state index in [-0.39, 0.29) is 6.04 Å². The molecule has 5 nitrogen and oxygen atoms in total. The van der Waals surface area contributed by atoms with Gasteiger partial charge in [0.2, 0.25) is 0 Å². The molecule has 5 heteroatoms. The van der Waals surface area contributed by atoms with Crippen molar-refractivity contribution in [1.29, 1.82) is 0 Å². The van der Waals surface area contributed by atoms with Gasteiger partial charge in [0.15, 0.2) is 0 Å². The van der Waals surface area contributed by atoms with Crippen molar-refractivity contribution in [2.45, 2.75) is 45.8 Å². The molecule has 0 aromatic carbocycles. The summed E-state index contributed by atoms with van der Waals surface area (Å²) in [4.78, 5) is 0. The van der Waals surface area contributed by atoms with Gasteiger partial charge in [-0.3, -0.25) is 0 Å². The molecule has 0 fully saturated rings. The molecule has 0 rings (SSSR count). The van der Waals surface area contributed by atoms with Crippen molar-refractivity contribution < 1.29 is 19.3 Å². The Labute approximate surface area is 124 Å². The first kappa shape index (κ1) is 19.8. The Morgan fingerprint density at radius 1 is 1.05 bits per heavy atom. The van der Waals surface area contributed by atoms with Gasteiger partial charge in [0, 0.05) is 26.3 Å². The predicted molar refractivity (Wildman–Crippen MR) is 81.1 cm³/mol. The maximum Gasteiger partial charge on any atom is 0.0897 e. The fourth-order valence-electron chi connectivity index (χ4n) is 1.70. The highest BCUT2D eigenvalue weighted by atomic mass is 16.5. The van der Waals surface area contributed by atoms with Crippen LogP contribution in [-0.2, 0) is 14.2 Å². The van der Waals surface area contributed by atoms with Gasteiger partial charge in [0.05, 0.1) is 32.5 Å². The second-order valence-electron chi connectivity index (χ2n) is 5.41. The van der Waals surface area contributed by atoms with Gasteiger partial charge >= 0.3 is 0 Å². The molecule has 0 aliphatic heterocycles. The topological polar surface area (TPSA) is 60.0 Å². The summed E-state index contributed by atoms with van der Waals surface area (Å²) in [6, 6.07) is 0.257. The third-order valence-electron chi connectivity index (χ3n) is 3.09. The minimum absolute atomic E-state index is 0.257. The molecule has 2 N–H and O–H groups in total. The molecule has 0 aliphatic carbocycles. The first-order valence-electron chi connectivity index (χ1n) is 7.67. The highest BCUT2D eigenvalue weighted by Crippen LogP contribution is 2.01. The summed E-state index contributed by atoms with van der Waals surface area (Å²) in [6.45, 7) is 9.82. The van der Waals surface area contributed by atoms with Crippen LogP contribution >= 0.6 is 0 Å². The Morgan fingerprint density at radius 2 is 1.75 bits per heavy atom. The Balaban J connectivity index is 3.50. The van der Waals surface area contributed by atoms with Gasteiger partial charge in [-0.05, 0) is 12.3 Å². The number of ether oxygens (including phenoxy) is 3. The third-order valence-corrected chi connectivity index (χ3v) is 3.09. The standard InChI is InChI=1S/C15H33NO4/c1-5-6-7-19-8-9-20-11-14(17)10-16-15(12-18-4)13(2)3/h13-17H,5-12H2,1-4H3. The molecule has 0 aromatic rings. The summed E-state index contributed by atoms with van der Waals surface area (Å²) in [5.74, 6) is 0.468. The lowest BCUT2D eigenvalue weighted by Gasteiger charge is -2.23. The van der Waals surface area contributed by atoms with E-state index in [9.17, 15) is 5.11 Å². The lowest BCUT2D eigenvalue weighted by Crippen LogP contribution is -2.42. The first-order chi connectivity index (χ1) is 9.61. The van der Waals surface area contributed by atoms with Crippen molar-refractivity contribution >= 4 is 0 Å². The fraction of sp³-hybridized carbons (Fsp3) is 1.00. The van der Waals surface area contributed by atoms with E-state index in [0.29, 0.717) is 38.9 Å². The van der Waals surface area contributed by atoms with Crippen LogP contribution in [0.5, 0.6) is 0 Å². The number of aliphatic hydroxyl groups excluding tert-OH is 1. The zero-order chi connectivity index (χ0) is 15.2. The Morgan fingerprint density at radius 3 is 2.35 bits per heavy atom. The molecule has 20 heavy (non-hydrogen) atoms. The van der Waals surface area contributed by atoms with E-state index in [4.69, 9.17) is 14.2 Å². The summed E-state index contributed by atoms with van der Waals surface area (Å²) in [7, 11) is 1.69. The van der Waals surface area contributed by atoms with Crippen LogP contribution in [0.2, 0.25) is 0 Å². The molecule has 2 unspecified atom stereocenters. The fourth-order valence-corrected chi connectivity index (χ4v) is 1.70. The smallest absolute Gasteiger partial charge is 0.0897 e. The number of hydrogen-bond donors (Lipinski definition) is 2. The van der Waals surface area contributed by atoms with Gasteiger partial charge in [-0.1, -0.05) is 27.2 Å². The summed E-state index contributed by atoms with van der Waals surface area (Å²) in [5.41, 5.74) is 0. The van der Waals surface area contributed by atoms with Crippen molar-refractivity contribution in [2.75, 3.05) is 46.7 Å². The van der Waals surface area contributed by atoms with Crippen LogP contribution in [0.3, 0.4) is 0 Å². The molecule has 0 aromatic heterocycles. The van der Waals surface area contributed by atoms with Crippen LogP contribution in [0.1, 0.15) is 33.6 Å². The van der Waals surface area contributed by atoms with E-state index in [0.717, 1.165) is 19.4 Å². The molecule has 0 bridgehead atoms. The Kier molecular flexibility index (Phi) is 13.6. The summed E-state index contributed by atoms with van der Waals surface area (Å²) in [6.07, 6.45) is 1.73. The second kappa shape index (κ2) is 13.8. The number of unbranched alkanes of at least 4 members (excludes halogenated alkanes) is 1. The van der Waals surface area contributed by atoms with Crippen LogP contribution < -0.4 is 5.32 Å². The minimum atomic E-state index is -0.497. The van der Waals surface area contributed by atoms with Gasteiger partial charge in [0.1, 0.15) is 0 Å². The summed E-state index contributed by atoms with van der Waals surface area (Å²) >= 11 is 0. The molecular weight excluding hydrogens is 258 g/mol. The first-order valence-corrected chi connectivity index (χ1v) is 7.67. The van der Waals surface area contributed by atoms with E-state index in [2.05, 4.69) is 26.1 Å². The van der Waals surface area contributed by atoms with Crippen LogP contribution in [0.25, 0.3) is 0 Å². The van der Waals surface area contributed by atoms with E-state index >= 15 is 0 Å². The molecule has 0 aliphatic rings. The molecule has 0 saturated heterocycles. The van der Waals surface area contributed by atoms with Crippen molar-refractivity contribution in [3.8, 4) is 0 Å². The lowest BCUT2D eigenvalue weighted by molar-refractivity contribution is 0.00173. The van der Waals surface area contributed by atoms with E-state index in [1.165, 1.54) is 0 Å². The zero-order valence-electron chi connectivity index (χ0n) is 13.6. The number of aliphatic hydroxyl groups is 1. The van der Waals surface area contributed by atoms with Gasteiger partial charge in [-0.25, -0.2) is 0 Å². The van der Waals surface area contributed by atoms with Gasteiger partial charge in [-0.15, -0.1) is 0 Å². The summed E-state index contributed by atoms with van der Waals surface area (Å²) < 4.78 is 15.9. The molecule has 0 saturated carbocycles. The highest BCUT2D eigenvalue weighted by Gasteiger charge is 2.14. The van der Waals surface area contributed by atoms with Crippen LogP contribution in [0.4, 0.5) is 0 Å². The highest BCUT2D eigenvalue weighted by molar-refractivity contribution is 4.72. The number of methoxy groups -OCH3 is 1. The number of nitrogens with one attached hydrogen (secondary N) is 1. The third kappa shape index (κ3) is 11.6. The van der Waals surface area contributed by atoms with Crippen molar-refractivity contribution in [2.24, 2.45) is 5.92 Å². The van der Waals surface area contributed by atoms with Gasteiger partial charge < -0.3 is 24.6 Å². The van der Waals surface area contributed by atoms with Crippen molar-refractivity contribution in [3.05, 3.63) is 0 Å². The quantitative estimate of drug-likeness (QED) is 0.474. The van der Waals surface area contributed by atoms with E-state index in [1.807, 2.05) is 0 Å². The van der Waals surface area contributed by atoms with Crippen molar-refractivity contribution in [1.82, 2.24) is 5.32 Å². The van der Waals surface area contributed by atoms with E-state index < -0.39 is 6.10 Å². The maximum atomic E-state index is 9.82. The average Bonchev–Trinajstić information content (AvgIpc) is 2.42. The molecule has 2 atom stereocenters. The SMILES string of the molecule is CCCCOCCOCC(O)CNC(COC)C(C)C. The number of hydrogen-bond acceptors (Lipinski definition) is 5. The van der Waals surface area contributed by atoms with Crippen LogP contribution in [0.15, 0.2) is 0 Å². The molecular formula is C15H33NO4. The largest absolute Gasteiger partial charge is 0.389 e. The van der Waals surface area contributed by atoms with E-state index in [1.54, 1.807) is 7.11 Å². The van der Waals surface area contributed by atoms with Crippen molar-refractivity contribution in [3.63, 3.8) is 0 Å². The normalized spacial score (nSPS) is 14.7. The average molecular weight is 291 g/mol. The Bertz CT molecular complexity index is 202. The Hall–Kier alpha value is -0.200. The molecule has 0 amide bonds. The zero-order valence-corrected chi connectivity index (χ0v) is 13.6. The van der Waals surface area contributed by atoms with Gasteiger partial charge in [-0.2, -0.15) is 0 Å².